The second-order valence-corrected chi connectivity index (χ2v) is 5.06. The second kappa shape index (κ2) is 5.09. The van der Waals surface area contributed by atoms with E-state index in [0.717, 1.165) is 0 Å². The molecule has 2 heterocycles. The number of benzene rings is 1. The molecular formula is C14H13ClN4O. The quantitative estimate of drug-likeness (QED) is 0.742. The first kappa shape index (κ1) is 12.9. The highest BCUT2D eigenvalue weighted by Crippen LogP contribution is 2.27. The molecule has 102 valence electrons. The molecule has 20 heavy (non-hydrogen) atoms. The van der Waals surface area contributed by atoms with Crippen LogP contribution < -0.4 is 4.74 Å². The van der Waals surface area contributed by atoms with Crippen molar-refractivity contribution >= 4 is 22.8 Å². The summed E-state index contributed by atoms with van der Waals surface area (Å²) in [4.78, 5) is 15.1. The minimum Gasteiger partial charge on any atom is -0.437 e. The maximum absolute atomic E-state index is 5.86. The number of aromatic nitrogens is 4. The molecule has 0 bridgehead atoms. The summed E-state index contributed by atoms with van der Waals surface area (Å²) < 4.78 is 5.76. The van der Waals surface area contributed by atoms with Gasteiger partial charge in [-0.05, 0) is 35.2 Å². The number of fused-ring (bicyclic) bond motifs is 1. The molecule has 3 aromatic rings. The number of H-pyrrole nitrogens is 1. The van der Waals surface area contributed by atoms with Crippen LogP contribution in [0.5, 0.6) is 11.6 Å². The Morgan fingerprint density at radius 1 is 1.15 bits per heavy atom. The molecule has 0 aliphatic rings. The number of nitrogens with one attached hydrogen (secondary N) is 1. The van der Waals surface area contributed by atoms with E-state index in [2.05, 4.69) is 33.8 Å². The molecule has 0 aliphatic heterocycles. The van der Waals surface area contributed by atoms with Gasteiger partial charge in [0, 0.05) is 0 Å². The Morgan fingerprint density at radius 3 is 2.60 bits per heavy atom. The van der Waals surface area contributed by atoms with Gasteiger partial charge in [-0.3, -0.25) is 0 Å². The highest BCUT2D eigenvalue weighted by molar-refractivity contribution is 6.28. The van der Waals surface area contributed by atoms with Crippen molar-refractivity contribution < 1.29 is 4.74 Å². The van der Waals surface area contributed by atoms with E-state index in [1.54, 1.807) is 0 Å². The fourth-order valence-corrected chi connectivity index (χ4v) is 2.04. The molecule has 0 saturated carbocycles. The van der Waals surface area contributed by atoms with Crippen molar-refractivity contribution in [2.45, 2.75) is 19.8 Å². The summed E-state index contributed by atoms with van der Waals surface area (Å²) >= 11 is 5.86. The van der Waals surface area contributed by atoms with Crippen molar-refractivity contribution in [3.63, 3.8) is 0 Å². The lowest BCUT2D eigenvalue weighted by molar-refractivity contribution is 0.467. The zero-order valence-electron chi connectivity index (χ0n) is 11.1. The summed E-state index contributed by atoms with van der Waals surface area (Å²) in [5.41, 5.74) is 2.37. The van der Waals surface area contributed by atoms with Gasteiger partial charge in [-0.25, -0.2) is 4.98 Å². The lowest BCUT2D eigenvalue weighted by atomic mass is 10.0. The monoisotopic (exact) mass is 288 g/mol. The van der Waals surface area contributed by atoms with Crippen LogP contribution >= 0.6 is 11.6 Å². The maximum Gasteiger partial charge on any atom is 0.250 e. The van der Waals surface area contributed by atoms with Crippen LogP contribution in [-0.2, 0) is 0 Å². The van der Waals surface area contributed by atoms with E-state index < -0.39 is 0 Å². The fraction of sp³-hybridized carbons (Fsp3) is 0.214. The largest absolute Gasteiger partial charge is 0.437 e. The van der Waals surface area contributed by atoms with Crippen LogP contribution in [0.3, 0.4) is 0 Å². The number of nitrogens with zero attached hydrogens (tertiary/aromatic N) is 3. The minimum atomic E-state index is 0.110. The molecular weight excluding hydrogens is 276 g/mol. The number of ether oxygens (including phenoxy) is 1. The molecule has 0 atom stereocenters. The molecule has 0 fully saturated rings. The van der Waals surface area contributed by atoms with Gasteiger partial charge in [0.1, 0.15) is 11.3 Å². The number of rotatable bonds is 3. The fourth-order valence-electron chi connectivity index (χ4n) is 1.89. The molecule has 2 aromatic heterocycles. The van der Waals surface area contributed by atoms with E-state index >= 15 is 0 Å². The Labute approximate surface area is 121 Å². The van der Waals surface area contributed by atoms with Gasteiger partial charge in [0.2, 0.25) is 11.2 Å². The van der Waals surface area contributed by atoms with Gasteiger partial charge >= 0.3 is 0 Å². The van der Waals surface area contributed by atoms with Crippen molar-refractivity contribution in [1.29, 1.82) is 0 Å². The molecule has 0 radical (unpaired) electrons. The van der Waals surface area contributed by atoms with E-state index in [-0.39, 0.29) is 5.28 Å². The van der Waals surface area contributed by atoms with Crippen molar-refractivity contribution in [2.75, 3.05) is 0 Å². The molecule has 1 N–H and O–H groups in total. The smallest absolute Gasteiger partial charge is 0.250 e. The third-order valence-electron chi connectivity index (χ3n) is 2.99. The maximum atomic E-state index is 5.86. The Kier molecular flexibility index (Phi) is 3.28. The van der Waals surface area contributed by atoms with Crippen molar-refractivity contribution in [3.05, 3.63) is 41.4 Å². The van der Waals surface area contributed by atoms with Crippen LogP contribution in [0.25, 0.3) is 11.2 Å². The predicted molar refractivity (Wildman–Crippen MR) is 77.3 cm³/mol. The first-order valence-corrected chi connectivity index (χ1v) is 6.65. The molecule has 3 rings (SSSR count). The lowest BCUT2D eigenvalue weighted by Gasteiger charge is -2.08. The Hall–Kier alpha value is -2.14. The van der Waals surface area contributed by atoms with Gasteiger partial charge < -0.3 is 9.72 Å². The molecule has 0 aliphatic carbocycles. The van der Waals surface area contributed by atoms with E-state index in [4.69, 9.17) is 16.3 Å². The zero-order chi connectivity index (χ0) is 14.1. The van der Waals surface area contributed by atoms with E-state index in [9.17, 15) is 0 Å². The standard InChI is InChI=1S/C14H13ClN4O/c1-8(2)9-3-5-10(6-4-9)20-13-11-12(17-7-16-11)18-14(15)19-13/h3-8H,1-2H3,(H,16,17,18,19). The van der Waals surface area contributed by atoms with Gasteiger partial charge in [0.15, 0.2) is 5.65 Å². The normalized spacial score (nSPS) is 11.2. The van der Waals surface area contributed by atoms with Crippen LogP contribution in [0, 0.1) is 0 Å². The van der Waals surface area contributed by atoms with Crippen molar-refractivity contribution in [2.24, 2.45) is 0 Å². The van der Waals surface area contributed by atoms with Crippen LogP contribution in [0.4, 0.5) is 0 Å². The predicted octanol–water partition coefficient (Wildman–Crippen LogP) is 3.92. The Morgan fingerprint density at radius 2 is 1.90 bits per heavy atom. The topological polar surface area (TPSA) is 63.7 Å². The first-order valence-electron chi connectivity index (χ1n) is 6.28. The van der Waals surface area contributed by atoms with E-state index in [0.29, 0.717) is 28.7 Å². The van der Waals surface area contributed by atoms with E-state index in [1.165, 1.54) is 11.9 Å². The molecule has 5 nitrogen and oxygen atoms in total. The summed E-state index contributed by atoms with van der Waals surface area (Å²) in [6, 6.07) is 7.89. The molecule has 1 aromatic carbocycles. The molecule has 0 spiro atoms. The van der Waals surface area contributed by atoms with Crippen LogP contribution in [0.2, 0.25) is 5.28 Å². The number of halogens is 1. The third-order valence-corrected chi connectivity index (χ3v) is 3.16. The second-order valence-electron chi connectivity index (χ2n) is 4.72. The van der Waals surface area contributed by atoms with Crippen molar-refractivity contribution in [3.8, 4) is 11.6 Å². The van der Waals surface area contributed by atoms with E-state index in [1.807, 2.05) is 24.3 Å². The van der Waals surface area contributed by atoms with Gasteiger partial charge in [-0.2, -0.15) is 9.97 Å². The number of aromatic amines is 1. The summed E-state index contributed by atoms with van der Waals surface area (Å²) in [7, 11) is 0. The number of hydrogen-bond acceptors (Lipinski definition) is 4. The van der Waals surface area contributed by atoms with Crippen LogP contribution in [-0.4, -0.2) is 19.9 Å². The highest BCUT2D eigenvalue weighted by Gasteiger charge is 2.11. The van der Waals surface area contributed by atoms with Gasteiger partial charge in [0.25, 0.3) is 0 Å². The molecule has 0 saturated heterocycles. The molecule has 0 unspecified atom stereocenters. The Bertz CT molecular complexity index is 737. The first-order chi connectivity index (χ1) is 9.63. The number of hydrogen-bond donors (Lipinski definition) is 1. The molecule has 6 heteroatoms. The molecule has 0 amide bonds. The van der Waals surface area contributed by atoms with Gasteiger partial charge in [-0.15, -0.1) is 0 Å². The lowest BCUT2D eigenvalue weighted by Crippen LogP contribution is -1.93. The minimum absolute atomic E-state index is 0.110. The van der Waals surface area contributed by atoms with Gasteiger partial charge in [0.05, 0.1) is 6.33 Å². The average Bonchev–Trinajstić information content (AvgIpc) is 2.87. The van der Waals surface area contributed by atoms with Gasteiger partial charge in [-0.1, -0.05) is 26.0 Å². The van der Waals surface area contributed by atoms with Crippen molar-refractivity contribution in [1.82, 2.24) is 19.9 Å². The van der Waals surface area contributed by atoms with Crippen LogP contribution in [0.15, 0.2) is 30.6 Å². The highest BCUT2D eigenvalue weighted by atomic mass is 35.5. The summed E-state index contributed by atoms with van der Waals surface area (Å²) in [5, 5.41) is 0.110. The Balaban J connectivity index is 1.94. The third kappa shape index (κ3) is 2.44. The number of imidazole rings is 1. The van der Waals surface area contributed by atoms with Crippen LogP contribution in [0.1, 0.15) is 25.3 Å². The SMILES string of the molecule is CC(C)c1ccc(Oc2nc(Cl)nc3nc[nH]c23)cc1. The summed E-state index contributed by atoms with van der Waals surface area (Å²) in [5.74, 6) is 1.55. The summed E-state index contributed by atoms with van der Waals surface area (Å²) in [6.07, 6.45) is 1.53. The summed E-state index contributed by atoms with van der Waals surface area (Å²) in [6.45, 7) is 4.29. The zero-order valence-corrected chi connectivity index (χ0v) is 11.8. The average molecular weight is 289 g/mol.